The number of hydrogen-bond donors (Lipinski definition) is 3. The third-order valence-corrected chi connectivity index (χ3v) is 13.6. The Morgan fingerprint density at radius 3 is 1.32 bits per heavy atom. The number of aliphatic hydroxyl groups is 2. The van der Waals surface area contributed by atoms with Gasteiger partial charge in [-0.05, 0) is 74.6 Å². The van der Waals surface area contributed by atoms with Crippen molar-refractivity contribution in [1.29, 1.82) is 0 Å². The number of aromatic carboxylic acids is 1. The molecule has 0 spiro atoms. The van der Waals surface area contributed by atoms with Gasteiger partial charge in [-0.3, -0.25) is 24.0 Å². The molecule has 66 heavy (non-hydrogen) atoms. The quantitative estimate of drug-likeness (QED) is 0.0852. The molecule has 0 saturated heterocycles. The molecule has 362 valence electrons. The average molecular weight is 1140 g/mol. The molecular weight excluding hydrogens is 1070 g/mol. The zero-order valence-corrected chi connectivity index (χ0v) is 42.8. The molecule has 0 bridgehead atoms. The third-order valence-electron chi connectivity index (χ3n) is 7.58. The number of rotatable bonds is 8. The van der Waals surface area contributed by atoms with Crippen molar-refractivity contribution in [3.8, 4) is 22.8 Å². The molecule has 0 saturated carbocycles. The van der Waals surface area contributed by atoms with Crippen molar-refractivity contribution < 1.29 is 69.0 Å². The standard InChI is InChI=1S/C13H15N3O2.C11H11N3O2.C7H9IN2O2.C6H6N.CH4O2.3CH4.3CH3.Li.2H2O.Sn/c1-4-18-13(17)10-8-16(3)15-12(10)11-7-5-6-9(2)14-11;1-7-4-3-5-9(12-7)10-8(11(15)16)6-14(2)13-10;1-3-12-7(11)5-4-10(2)9-6(5)8;1-6-4-2-3-5-7-6;2-1-3;;;;;;;;;;/h5-8H,4H2,1-3H3;3-6H,1-2H3,(H,15,16);4H,3H2,1-2H3;2-4H,1H3;2-3H,1H2;3*1H4;3*1H3;;2*1H2;/q;;;;;;;;;;;+1;;;/p-1. The number of nitrogens with zero attached hydrogens (tertiary/aromatic N) is 9. The average Bonchev–Trinajstić information content (AvgIpc) is 3.88. The Labute approximate surface area is 419 Å². The van der Waals surface area contributed by atoms with E-state index in [0.717, 1.165) is 17.1 Å². The van der Waals surface area contributed by atoms with E-state index in [9.17, 15) is 14.4 Å². The molecule has 0 unspecified atom stereocenters. The van der Waals surface area contributed by atoms with Gasteiger partial charge in [0.25, 0.3) is 0 Å². The predicted molar refractivity (Wildman–Crippen MR) is 264 cm³/mol. The fraction of sp³-hybridized carbons (Fsp3) is 0.386. The number of halogens is 1. The van der Waals surface area contributed by atoms with E-state index in [1.54, 1.807) is 62.8 Å². The van der Waals surface area contributed by atoms with Gasteiger partial charge in [-0.2, -0.15) is 15.3 Å². The first-order valence-corrected chi connectivity index (χ1v) is 29.7. The van der Waals surface area contributed by atoms with E-state index in [1.807, 2.05) is 66.8 Å². The summed E-state index contributed by atoms with van der Waals surface area (Å²) < 4.78 is 16.5. The summed E-state index contributed by atoms with van der Waals surface area (Å²) in [6, 6.07) is 17.4. The summed E-state index contributed by atoms with van der Waals surface area (Å²) >= 11 is 0.137. The molecule has 0 aliphatic heterocycles. The maximum absolute atomic E-state index is 11.8. The Bertz CT molecular complexity index is 2330. The molecule has 22 heteroatoms. The Hall–Kier alpha value is -4.54. The van der Waals surface area contributed by atoms with Crippen LogP contribution >= 0.6 is 22.6 Å². The van der Waals surface area contributed by atoms with Crippen LogP contribution in [-0.4, -0.2) is 127 Å². The number of aryl methyl sites for hydroxylation is 6. The molecule has 6 aromatic rings. The van der Waals surface area contributed by atoms with Gasteiger partial charge in [0.2, 0.25) is 0 Å². The second-order valence-electron chi connectivity index (χ2n) is 13.8. The van der Waals surface area contributed by atoms with E-state index in [0.29, 0.717) is 50.8 Å². The van der Waals surface area contributed by atoms with E-state index in [1.165, 1.54) is 14.6 Å². The predicted octanol–water partition coefficient (Wildman–Crippen LogP) is 3.43. The molecule has 6 aromatic heterocycles. The summed E-state index contributed by atoms with van der Waals surface area (Å²) in [6.07, 6.45) is 4.78. The Kier molecular flexibility index (Phi) is 37.1. The van der Waals surface area contributed by atoms with E-state index < -0.39 is 31.1 Å². The number of carboxylic acid groups (broad SMARTS) is 1. The van der Waals surface area contributed by atoms with Crippen LogP contribution in [0.25, 0.3) is 22.8 Å². The third kappa shape index (κ3) is 23.3. The first kappa shape index (κ1) is 70.5. The van der Waals surface area contributed by atoms with Crippen molar-refractivity contribution in [2.75, 3.05) is 20.0 Å². The summed E-state index contributed by atoms with van der Waals surface area (Å²) in [5, 5.41) is 35.7. The monoisotopic (exact) mass is 1140 g/mol. The number of carboxylic acids is 1. The van der Waals surface area contributed by atoms with Gasteiger partial charge in [-0.15, -0.1) is 0 Å². The summed E-state index contributed by atoms with van der Waals surface area (Å²) in [5.74, 6) is -1.68. The van der Waals surface area contributed by atoms with Gasteiger partial charge in [-0.25, -0.2) is 14.4 Å². The molecule has 0 atom stereocenters. The molecule has 6 N–H and O–H groups in total. The van der Waals surface area contributed by atoms with Crippen molar-refractivity contribution in [3.63, 3.8) is 0 Å². The molecule has 0 fully saturated rings. The Morgan fingerprint density at radius 2 is 0.985 bits per heavy atom. The van der Waals surface area contributed by atoms with Gasteiger partial charge in [0.15, 0.2) is 0 Å². The Morgan fingerprint density at radius 1 is 0.636 bits per heavy atom. The minimum atomic E-state index is -1.87. The van der Waals surface area contributed by atoms with Crippen LogP contribution in [0.15, 0.2) is 73.2 Å². The molecule has 6 rings (SSSR count). The van der Waals surface area contributed by atoms with Crippen molar-refractivity contribution in [2.45, 2.75) is 71.7 Å². The summed E-state index contributed by atoms with van der Waals surface area (Å²) in [7, 11) is 5.22. The molecule has 6 heterocycles. The smallest absolute Gasteiger partial charge is 0.870 e. The van der Waals surface area contributed by atoms with Crippen LogP contribution in [0.4, 0.5) is 0 Å². The minimum absolute atomic E-state index is 0. The minimum Gasteiger partial charge on any atom is -0.870 e. The summed E-state index contributed by atoms with van der Waals surface area (Å²) in [4.78, 5) is 54.4. The number of aromatic nitrogens is 9. The molecular formula is C44H69ILiN9O10Sn. The van der Waals surface area contributed by atoms with Crippen LogP contribution in [0.2, 0.25) is 14.8 Å². The van der Waals surface area contributed by atoms with Crippen LogP contribution in [0.3, 0.4) is 0 Å². The molecule has 0 amide bonds. The second kappa shape index (κ2) is 34.7. The SMILES string of the molecule is C.C.C.CCOC(=O)c1cn(C)nc1-c1cccc(C)n1.CCOC(=O)c1cn(C)nc1I.Cc1ccc[c]([Sn]([CH3])([CH3])[CH3])n1.Cc1cccc(-c2nn(C)cc2C(=O)O)n1.O.OCO.[Li+].[OH-]. The number of carbonyl (C=O) groups is 3. The number of ether oxygens (including phenoxy) is 2. The number of carbonyl (C=O) groups excluding carboxylic acids is 2. The fourth-order valence-corrected chi connectivity index (χ4v) is 8.85. The fourth-order valence-electron chi connectivity index (χ4n) is 4.99. The van der Waals surface area contributed by atoms with E-state index in [4.69, 9.17) is 24.8 Å². The van der Waals surface area contributed by atoms with Gasteiger partial charge < -0.3 is 35.7 Å². The van der Waals surface area contributed by atoms with Gasteiger partial charge in [0.1, 0.15) is 38.6 Å². The number of aliphatic hydroxyl groups excluding tert-OH is 1. The largest absolute Gasteiger partial charge is 1.00 e. The van der Waals surface area contributed by atoms with Crippen molar-refractivity contribution in [1.82, 2.24) is 44.3 Å². The maximum atomic E-state index is 11.8. The second-order valence-corrected chi connectivity index (χ2v) is 29.1. The van der Waals surface area contributed by atoms with Gasteiger partial charge >= 0.3 is 109 Å². The molecule has 0 radical (unpaired) electrons. The first-order valence-electron chi connectivity index (χ1n) is 18.6. The first-order chi connectivity index (χ1) is 28.2. The van der Waals surface area contributed by atoms with Crippen LogP contribution in [0.1, 0.15) is 84.3 Å². The van der Waals surface area contributed by atoms with Crippen LogP contribution in [0, 0.1) is 24.5 Å². The van der Waals surface area contributed by atoms with Crippen molar-refractivity contribution >= 4 is 62.6 Å². The summed E-state index contributed by atoms with van der Waals surface area (Å²) in [5.41, 5.74) is 6.22. The van der Waals surface area contributed by atoms with Crippen LogP contribution in [0.5, 0.6) is 0 Å². The van der Waals surface area contributed by atoms with Gasteiger partial charge in [0.05, 0.1) is 24.6 Å². The normalized spacial score (nSPS) is 9.36. The van der Waals surface area contributed by atoms with Gasteiger partial charge in [-0.1, -0.05) is 34.4 Å². The number of esters is 2. The molecule has 0 aromatic carbocycles. The van der Waals surface area contributed by atoms with E-state index in [2.05, 4.69) is 70.2 Å². The molecule has 0 aliphatic rings. The zero-order chi connectivity index (χ0) is 45.2. The maximum Gasteiger partial charge on any atom is 1.00 e. The number of hydrogen-bond acceptors (Lipinski definition) is 14. The topological polar surface area (TPSA) is 284 Å². The molecule has 0 aliphatic carbocycles. The molecule has 19 nitrogen and oxygen atoms in total. The zero-order valence-electron chi connectivity index (χ0n) is 37.8. The van der Waals surface area contributed by atoms with Crippen LogP contribution < -0.4 is 22.6 Å². The van der Waals surface area contributed by atoms with Crippen molar-refractivity contribution in [3.05, 3.63) is 111 Å². The van der Waals surface area contributed by atoms with E-state index >= 15 is 0 Å². The van der Waals surface area contributed by atoms with Gasteiger partial charge in [0, 0.05) is 51.1 Å². The van der Waals surface area contributed by atoms with Crippen LogP contribution in [-0.2, 0) is 30.6 Å². The van der Waals surface area contributed by atoms with E-state index in [-0.39, 0.29) is 69.6 Å². The van der Waals surface area contributed by atoms with Crippen molar-refractivity contribution in [2.24, 2.45) is 21.1 Å². The summed E-state index contributed by atoms with van der Waals surface area (Å²) in [6.45, 7) is 9.35. The Balaban J connectivity index is -0.000000242. The number of pyridine rings is 3.